The third-order valence-corrected chi connectivity index (χ3v) is 3.09. The molecule has 0 aliphatic carbocycles. The van der Waals surface area contributed by atoms with Crippen LogP contribution in [0.2, 0.25) is 0 Å². The Kier molecular flexibility index (Phi) is 4.38. The van der Waals surface area contributed by atoms with Crippen LogP contribution in [0.5, 0.6) is 0 Å². The third kappa shape index (κ3) is 2.81. The molecule has 1 aliphatic rings. The maximum Gasteiger partial charge on any atom is 0.245 e. The van der Waals surface area contributed by atoms with E-state index in [2.05, 4.69) is 10.3 Å². The molecule has 7 heteroatoms. The van der Waals surface area contributed by atoms with Gasteiger partial charge in [0, 0.05) is 13.1 Å². The zero-order valence-corrected chi connectivity index (χ0v) is 11.3. The summed E-state index contributed by atoms with van der Waals surface area (Å²) in [6, 6.07) is 4.86. The van der Waals surface area contributed by atoms with Gasteiger partial charge in [0.05, 0.1) is 18.9 Å². The molecule has 1 saturated heterocycles. The summed E-state index contributed by atoms with van der Waals surface area (Å²) in [4.78, 5) is 18.1. The van der Waals surface area contributed by atoms with E-state index in [4.69, 9.17) is 15.7 Å². The van der Waals surface area contributed by atoms with Crippen LogP contribution >= 0.6 is 0 Å². The molecule has 1 aliphatic heterocycles. The van der Waals surface area contributed by atoms with Crippen molar-refractivity contribution < 1.29 is 9.53 Å². The van der Waals surface area contributed by atoms with E-state index in [1.807, 2.05) is 17.9 Å². The van der Waals surface area contributed by atoms with Crippen LogP contribution in [0.1, 0.15) is 12.6 Å². The van der Waals surface area contributed by atoms with Gasteiger partial charge < -0.3 is 20.7 Å². The number of carbonyl (C=O) groups excluding carboxylic acids is 1. The van der Waals surface area contributed by atoms with Crippen molar-refractivity contribution in [3.8, 4) is 6.07 Å². The number of nitrogens with zero attached hydrogens (tertiary/aromatic N) is 3. The lowest BCUT2D eigenvalue weighted by atomic mass is 10.2. The summed E-state index contributed by atoms with van der Waals surface area (Å²) in [5.74, 6) is 0.458. The largest absolute Gasteiger partial charge is 0.396 e. The Balaban J connectivity index is 2.28. The van der Waals surface area contributed by atoms with E-state index in [0.717, 1.165) is 0 Å². The van der Waals surface area contributed by atoms with E-state index in [0.29, 0.717) is 37.8 Å². The number of anilines is 2. The summed E-state index contributed by atoms with van der Waals surface area (Å²) < 4.78 is 5.36. The molecule has 2 rings (SSSR count). The maximum atomic E-state index is 12.1. The molecule has 0 spiro atoms. The average molecular weight is 275 g/mol. The highest BCUT2D eigenvalue weighted by atomic mass is 16.5. The number of pyridine rings is 1. The number of likely N-dealkylation sites (N-methyl/N-ethyl adjacent to an activating group) is 1. The number of nitriles is 1. The molecule has 1 aromatic rings. The second-order valence-corrected chi connectivity index (χ2v) is 4.40. The van der Waals surface area contributed by atoms with Crippen LogP contribution in [-0.2, 0) is 9.53 Å². The van der Waals surface area contributed by atoms with Crippen molar-refractivity contribution in [1.29, 1.82) is 5.26 Å². The molecule has 1 aromatic heterocycles. The van der Waals surface area contributed by atoms with Crippen molar-refractivity contribution in [1.82, 2.24) is 10.3 Å². The molecule has 0 saturated carbocycles. The van der Waals surface area contributed by atoms with Gasteiger partial charge in [0.1, 0.15) is 17.9 Å². The van der Waals surface area contributed by atoms with Crippen molar-refractivity contribution in [2.75, 3.05) is 36.9 Å². The number of rotatable bonds is 3. The van der Waals surface area contributed by atoms with E-state index < -0.39 is 6.04 Å². The molecule has 20 heavy (non-hydrogen) atoms. The molecule has 7 nitrogen and oxygen atoms in total. The third-order valence-electron chi connectivity index (χ3n) is 3.09. The van der Waals surface area contributed by atoms with Crippen LogP contribution in [-0.4, -0.2) is 43.2 Å². The number of morpholine rings is 1. The fraction of sp³-hybridized carbons (Fsp3) is 0.462. The fourth-order valence-electron chi connectivity index (χ4n) is 2.10. The zero-order chi connectivity index (χ0) is 14.5. The summed E-state index contributed by atoms with van der Waals surface area (Å²) in [5.41, 5.74) is 6.17. The van der Waals surface area contributed by atoms with Crippen LogP contribution in [0, 0.1) is 11.3 Å². The lowest BCUT2D eigenvalue weighted by molar-refractivity contribution is -0.124. The highest BCUT2D eigenvalue weighted by Gasteiger charge is 2.30. The number of ether oxygens (including phenoxy) is 1. The quantitative estimate of drug-likeness (QED) is 0.796. The average Bonchev–Trinajstić information content (AvgIpc) is 2.48. The number of hydrogen-bond acceptors (Lipinski definition) is 6. The maximum absolute atomic E-state index is 12.1. The van der Waals surface area contributed by atoms with E-state index in [9.17, 15) is 4.79 Å². The molecule has 1 fully saturated rings. The molecule has 1 atom stereocenters. The summed E-state index contributed by atoms with van der Waals surface area (Å²) >= 11 is 0. The number of nitrogens with one attached hydrogen (secondary N) is 1. The van der Waals surface area contributed by atoms with Crippen molar-refractivity contribution >= 4 is 17.4 Å². The van der Waals surface area contributed by atoms with Gasteiger partial charge >= 0.3 is 0 Å². The monoisotopic (exact) mass is 275 g/mol. The van der Waals surface area contributed by atoms with Crippen molar-refractivity contribution in [2.24, 2.45) is 0 Å². The molecular formula is C13H17N5O2. The summed E-state index contributed by atoms with van der Waals surface area (Å²) in [5, 5.41) is 11.8. The van der Waals surface area contributed by atoms with Gasteiger partial charge in [-0.3, -0.25) is 4.79 Å². The molecule has 1 unspecified atom stereocenters. The predicted octanol–water partition coefficient (Wildman–Crippen LogP) is -0.123. The van der Waals surface area contributed by atoms with Gasteiger partial charge in [-0.25, -0.2) is 4.98 Å². The lowest BCUT2D eigenvalue weighted by Crippen LogP contribution is -2.54. The predicted molar refractivity (Wildman–Crippen MR) is 74.0 cm³/mol. The van der Waals surface area contributed by atoms with Gasteiger partial charge in [-0.15, -0.1) is 0 Å². The Morgan fingerprint density at radius 3 is 3.20 bits per heavy atom. The number of amides is 1. The molecule has 2 heterocycles. The first kappa shape index (κ1) is 14.1. The topological polar surface area (TPSA) is 104 Å². The van der Waals surface area contributed by atoms with Gasteiger partial charge in [-0.1, -0.05) is 0 Å². The SMILES string of the molecule is CCNC(=O)C1COCCN1c1ccc(N)c(C#N)n1. The first-order chi connectivity index (χ1) is 9.67. The Labute approximate surface area is 117 Å². The van der Waals surface area contributed by atoms with Gasteiger partial charge in [0.25, 0.3) is 0 Å². The minimum atomic E-state index is -0.439. The smallest absolute Gasteiger partial charge is 0.245 e. The van der Waals surface area contributed by atoms with Crippen molar-refractivity contribution in [3.05, 3.63) is 17.8 Å². The van der Waals surface area contributed by atoms with Crippen LogP contribution in [0.3, 0.4) is 0 Å². The summed E-state index contributed by atoms with van der Waals surface area (Å²) in [6.45, 7) is 3.79. The minimum absolute atomic E-state index is 0.107. The van der Waals surface area contributed by atoms with Crippen LogP contribution in [0.15, 0.2) is 12.1 Å². The molecule has 0 bridgehead atoms. The van der Waals surface area contributed by atoms with E-state index >= 15 is 0 Å². The normalized spacial score (nSPS) is 18.4. The van der Waals surface area contributed by atoms with Gasteiger partial charge in [-0.05, 0) is 19.1 Å². The summed E-state index contributed by atoms with van der Waals surface area (Å²) in [7, 11) is 0. The molecular weight excluding hydrogens is 258 g/mol. The first-order valence-electron chi connectivity index (χ1n) is 6.46. The lowest BCUT2D eigenvalue weighted by Gasteiger charge is -2.35. The highest BCUT2D eigenvalue weighted by molar-refractivity contribution is 5.85. The van der Waals surface area contributed by atoms with Gasteiger partial charge in [-0.2, -0.15) is 5.26 Å². The zero-order valence-electron chi connectivity index (χ0n) is 11.3. The minimum Gasteiger partial charge on any atom is -0.396 e. The fourth-order valence-corrected chi connectivity index (χ4v) is 2.10. The number of nitrogen functional groups attached to an aromatic ring is 1. The number of hydrogen-bond donors (Lipinski definition) is 2. The summed E-state index contributed by atoms with van der Waals surface area (Å²) in [6.07, 6.45) is 0. The molecule has 3 N–H and O–H groups in total. The highest BCUT2D eigenvalue weighted by Crippen LogP contribution is 2.20. The Morgan fingerprint density at radius 1 is 1.70 bits per heavy atom. The number of carbonyl (C=O) groups is 1. The van der Waals surface area contributed by atoms with Crippen LogP contribution < -0.4 is 16.0 Å². The Bertz CT molecular complexity index is 540. The standard InChI is InChI=1S/C13H17N5O2/c1-2-16-13(19)11-8-20-6-5-18(11)12-4-3-9(15)10(7-14)17-12/h3-4,11H,2,5-6,8,15H2,1H3,(H,16,19). The van der Waals surface area contributed by atoms with Crippen LogP contribution in [0.4, 0.5) is 11.5 Å². The molecule has 1 amide bonds. The molecule has 0 radical (unpaired) electrons. The van der Waals surface area contributed by atoms with Gasteiger partial charge in [0.15, 0.2) is 5.69 Å². The van der Waals surface area contributed by atoms with Crippen molar-refractivity contribution in [2.45, 2.75) is 13.0 Å². The van der Waals surface area contributed by atoms with Crippen LogP contribution in [0.25, 0.3) is 0 Å². The Hall–Kier alpha value is -2.33. The van der Waals surface area contributed by atoms with E-state index in [1.165, 1.54) is 0 Å². The number of nitrogens with two attached hydrogens (primary N) is 1. The first-order valence-corrected chi connectivity index (χ1v) is 6.46. The Morgan fingerprint density at radius 2 is 2.50 bits per heavy atom. The molecule has 0 aromatic carbocycles. The molecule has 106 valence electrons. The number of aromatic nitrogens is 1. The second kappa shape index (κ2) is 6.21. The van der Waals surface area contributed by atoms with E-state index in [-0.39, 0.29) is 11.6 Å². The van der Waals surface area contributed by atoms with Crippen molar-refractivity contribution in [3.63, 3.8) is 0 Å². The second-order valence-electron chi connectivity index (χ2n) is 4.40. The van der Waals surface area contributed by atoms with Gasteiger partial charge in [0.2, 0.25) is 5.91 Å². The van der Waals surface area contributed by atoms with E-state index in [1.54, 1.807) is 12.1 Å².